The van der Waals surface area contributed by atoms with Crippen LogP contribution >= 0.6 is 0 Å². The average Bonchev–Trinajstić information content (AvgIpc) is 2.19. The SMILES string of the molecule is C#CCC(Cc1cccnc1)NN. The highest BCUT2D eigenvalue weighted by Crippen LogP contribution is 2.02. The summed E-state index contributed by atoms with van der Waals surface area (Å²) in [6, 6.07) is 4.04. The molecule has 1 heterocycles. The summed E-state index contributed by atoms with van der Waals surface area (Å²) in [6.45, 7) is 0. The van der Waals surface area contributed by atoms with Crippen molar-refractivity contribution < 1.29 is 0 Å². The van der Waals surface area contributed by atoms with Crippen molar-refractivity contribution >= 4 is 0 Å². The van der Waals surface area contributed by atoms with Crippen molar-refractivity contribution in [3.05, 3.63) is 30.1 Å². The summed E-state index contributed by atoms with van der Waals surface area (Å²) in [5, 5.41) is 0. The van der Waals surface area contributed by atoms with Crippen molar-refractivity contribution in [3.63, 3.8) is 0 Å². The van der Waals surface area contributed by atoms with E-state index in [0.717, 1.165) is 12.0 Å². The Morgan fingerprint density at radius 2 is 2.54 bits per heavy atom. The fraction of sp³-hybridized carbons (Fsp3) is 0.300. The molecule has 68 valence electrons. The van der Waals surface area contributed by atoms with Gasteiger partial charge in [-0.15, -0.1) is 12.3 Å². The Balaban J connectivity index is 2.53. The largest absolute Gasteiger partial charge is 0.271 e. The van der Waals surface area contributed by atoms with E-state index in [9.17, 15) is 0 Å². The van der Waals surface area contributed by atoms with Gasteiger partial charge in [0.05, 0.1) is 0 Å². The Labute approximate surface area is 78.3 Å². The third kappa shape index (κ3) is 3.24. The monoisotopic (exact) mass is 175 g/mol. The Kier molecular flexibility index (Phi) is 3.97. The molecule has 0 aromatic carbocycles. The Morgan fingerprint density at radius 3 is 3.08 bits per heavy atom. The van der Waals surface area contributed by atoms with Gasteiger partial charge in [-0.05, 0) is 18.1 Å². The second kappa shape index (κ2) is 5.31. The van der Waals surface area contributed by atoms with E-state index < -0.39 is 0 Å². The van der Waals surface area contributed by atoms with Crippen molar-refractivity contribution in [2.45, 2.75) is 18.9 Å². The lowest BCUT2D eigenvalue weighted by molar-refractivity contribution is 0.536. The number of hydrogen-bond donors (Lipinski definition) is 2. The minimum Gasteiger partial charge on any atom is -0.271 e. The number of hydrazine groups is 1. The number of rotatable bonds is 4. The molecule has 0 saturated heterocycles. The van der Waals surface area contributed by atoms with Crippen LogP contribution in [0, 0.1) is 12.3 Å². The fourth-order valence-electron chi connectivity index (χ4n) is 1.14. The second-order valence-corrected chi connectivity index (χ2v) is 2.84. The highest BCUT2D eigenvalue weighted by molar-refractivity contribution is 5.10. The zero-order valence-electron chi connectivity index (χ0n) is 7.40. The highest BCUT2D eigenvalue weighted by Gasteiger charge is 2.05. The molecule has 1 rings (SSSR count). The van der Waals surface area contributed by atoms with E-state index in [0.29, 0.717) is 6.42 Å². The van der Waals surface area contributed by atoms with Crippen molar-refractivity contribution in [2.75, 3.05) is 0 Å². The molecule has 0 radical (unpaired) electrons. The molecule has 0 amide bonds. The number of terminal acetylenes is 1. The fourth-order valence-corrected chi connectivity index (χ4v) is 1.14. The summed E-state index contributed by atoms with van der Waals surface area (Å²) < 4.78 is 0. The topological polar surface area (TPSA) is 50.9 Å². The second-order valence-electron chi connectivity index (χ2n) is 2.84. The first-order valence-electron chi connectivity index (χ1n) is 4.15. The standard InChI is InChI=1S/C10H13N3/c1-2-4-10(13-11)7-9-5-3-6-12-8-9/h1,3,5-6,8,10,13H,4,7,11H2. The smallest absolute Gasteiger partial charge is 0.0360 e. The molecule has 1 atom stereocenters. The minimum atomic E-state index is 0.134. The number of nitrogens with zero attached hydrogens (tertiary/aromatic N) is 1. The molecule has 3 N–H and O–H groups in total. The van der Waals surface area contributed by atoms with E-state index in [4.69, 9.17) is 12.3 Å². The van der Waals surface area contributed by atoms with Gasteiger partial charge in [0.2, 0.25) is 0 Å². The first-order chi connectivity index (χ1) is 6.36. The highest BCUT2D eigenvalue weighted by atomic mass is 15.2. The van der Waals surface area contributed by atoms with Crippen LogP contribution in [-0.4, -0.2) is 11.0 Å². The van der Waals surface area contributed by atoms with Crippen molar-refractivity contribution in [2.24, 2.45) is 5.84 Å². The summed E-state index contributed by atoms with van der Waals surface area (Å²) in [6.07, 6.45) is 10.2. The molecule has 0 aliphatic heterocycles. The Hall–Kier alpha value is -1.37. The molecule has 0 spiro atoms. The van der Waals surface area contributed by atoms with Crippen molar-refractivity contribution in [1.29, 1.82) is 0 Å². The third-order valence-corrected chi connectivity index (χ3v) is 1.80. The molecule has 0 aliphatic carbocycles. The van der Waals surface area contributed by atoms with E-state index in [1.807, 2.05) is 18.3 Å². The number of nitrogens with two attached hydrogens (primary N) is 1. The van der Waals surface area contributed by atoms with Crippen LogP contribution in [0.5, 0.6) is 0 Å². The number of aromatic nitrogens is 1. The van der Waals surface area contributed by atoms with Gasteiger partial charge in [0.25, 0.3) is 0 Å². The van der Waals surface area contributed by atoms with E-state index in [1.165, 1.54) is 0 Å². The van der Waals surface area contributed by atoms with Crippen LogP contribution < -0.4 is 11.3 Å². The van der Waals surface area contributed by atoms with Gasteiger partial charge in [-0.3, -0.25) is 16.3 Å². The van der Waals surface area contributed by atoms with E-state index in [2.05, 4.69) is 16.3 Å². The van der Waals surface area contributed by atoms with Gasteiger partial charge in [-0.25, -0.2) is 0 Å². The third-order valence-electron chi connectivity index (χ3n) is 1.80. The van der Waals surface area contributed by atoms with Gasteiger partial charge in [-0.1, -0.05) is 6.07 Å². The zero-order valence-corrected chi connectivity index (χ0v) is 7.40. The number of hydrogen-bond acceptors (Lipinski definition) is 3. The minimum absolute atomic E-state index is 0.134. The Morgan fingerprint density at radius 1 is 1.69 bits per heavy atom. The molecule has 3 nitrogen and oxygen atoms in total. The van der Waals surface area contributed by atoms with Crippen LogP contribution in [-0.2, 0) is 6.42 Å². The summed E-state index contributed by atoms with van der Waals surface area (Å²) in [5.41, 5.74) is 3.82. The predicted octanol–water partition coefficient (Wildman–Crippen LogP) is 0.479. The van der Waals surface area contributed by atoms with Crippen LogP contribution in [0.15, 0.2) is 24.5 Å². The maximum absolute atomic E-state index is 5.34. The predicted molar refractivity (Wildman–Crippen MR) is 52.5 cm³/mol. The molecule has 13 heavy (non-hydrogen) atoms. The molecule has 0 saturated carbocycles. The molecular formula is C10H13N3. The molecule has 0 aliphatic rings. The van der Waals surface area contributed by atoms with Gasteiger partial charge >= 0.3 is 0 Å². The van der Waals surface area contributed by atoms with Gasteiger partial charge < -0.3 is 0 Å². The molecule has 1 unspecified atom stereocenters. The van der Waals surface area contributed by atoms with Crippen LogP contribution in [0.2, 0.25) is 0 Å². The molecule has 1 aromatic rings. The van der Waals surface area contributed by atoms with Gasteiger partial charge in [0.15, 0.2) is 0 Å². The number of nitrogens with one attached hydrogen (secondary N) is 1. The molecular weight excluding hydrogens is 162 g/mol. The maximum Gasteiger partial charge on any atom is 0.0360 e. The van der Waals surface area contributed by atoms with Gasteiger partial charge in [0, 0.05) is 24.9 Å². The molecule has 1 aromatic heterocycles. The van der Waals surface area contributed by atoms with Crippen molar-refractivity contribution in [3.8, 4) is 12.3 Å². The van der Waals surface area contributed by atoms with E-state index in [-0.39, 0.29) is 6.04 Å². The van der Waals surface area contributed by atoms with E-state index >= 15 is 0 Å². The van der Waals surface area contributed by atoms with Crippen LogP contribution in [0.1, 0.15) is 12.0 Å². The quantitative estimate of drug-likeness (QED) is 0.397. The first kappa shape index (κ1) is 9.72. The molecule has 0 bridgehead atoms. The summed E-state index contributed by atoms with van der Waals surface area (Å²) >= 11 is 0. The zero-order chi connectivity index (χ0) is 9.52. The van der Waals surface area contributed by atoms with Crippen LogP contribution in [0.4, 0.5) is 0 Å². The van der Waals surface area contributed by atoms with Gasteiger partial charge in [-0.2, -0.15) is 0 Å². The maximum atomic E-state index is 5.34. The average molecular weight is 175 g/mol. The summed E-state index contributed by atoms with van der Waals surface area (Å²) in [5.74, 6) is 7.92. The molecule has 0 fully saturated rings. The van der Waals surface area contributed by atoms with Crippen molar-refractivity contribution in [1.82, 2.24) is 10.4 Å². The van der Waals surface area contributed by atoms with E-state index in [1.54, 1.807) is 6.20 Å². The lowest BCUT2D eigenvalue weighted by atomic mass is 10.1. The summed E-state index contributed by atoms with van der Waals surface area (Å²) in [4.78, 5) is 4.01. The molecule has 3 heteroatoms. The van der Waals surface area contributed by atoms with Crippen LogP contribution in [0.25, 0.3) is 0 Å². The first-order valence-corrected chi connectivity index (χ1v) is 4.15. The number of pyridine rings is 1. The lowest BCUT2D eigenvalue weighted by Crippen LogP contribution is -2.36. The van der Waals surface area contributed by atoms with Gasteiger partial charge in [0.1, 0.15) is 0 Å². The summed E-state index contributed by atoms with van der Waals surface area (Å²) in [7, 11) is 0. The lowest BCUT2D eigenvalue weighted by Gasteiger charge is -2.11. The Bertz CT molecular complexity index is 276. The normalized spacial score (nSPS) is 12.0. The van der Waals surface area contributed by atoms with Crippen LogP contribution in [0.3, 0.4) is 0 Å².